The lowest BCUT2D eigenvalue weighted by Crippen LogP contribution is -2.32. The summed E-state index contributed by atoms with van der Waals surface area (Å²) in [6.07, 6.45) is 5.38. The van der Waals surface area contributed by atoms with Gasteiger partial charge in [-0.05, 0) is 18.8 Å². The fourth-order valence-electron chi connectivity index (χ4n) is 1.97. The summed E-state index contributed by atoms with van der Waals surface area (Å²) < 4.78 is 0. The lowest BCUT2D eigenvalue weighted by molar-refractivity contribution is -0.130. The first-order chi connectivity index (χ1) is 4.81. The van der Waals surface area contributed by atoms with Crippen molar-refractivity contribution in [3.8, 4) is 0 Å². The van der Waals surface area contributed by atoms with Gasteiger partial charge in [0.1, 0.15) is 5.78 Å². The van der Waals surface area contributed by atoms with Crippen LogP contribution >= 0.6 is 0 Å². The minimum absolute atomic E-state index is 0.343. The van der Waals surface area contributed by atoms with E-state index in [-0.39, 0.29) is 0 Å². The van der Waals surface area contributed by atoms with Gasteiger partial charge in [-0.1, -0.05) is 18.6 Å². The first-order valence-corrected chi connectivity index (χ1v) is 4.03. The van der Waals surface area contributed by atoms with Crippen molar-refractivity contribution in [3.63, 3.8) is 0 Å². The van der Waals surface area contributed by atoms with E-state index >= 15 is 0 Å². The molecule has 2 aliphatic rings. The number of hydrogen-bond acceptors (Lipinski definition) is 1. The van der Waals surface area contributed by atoms with Gasteiger partial charge < -0.3 is 0 Å². The maximum Gasteiger partial charge on any atom is 0.140 e. The number of allylic oxidation sites excluding steroid dienone is 2. The van der Waals surface area contributed by atoms with Gasteiger partial charge in [0, 0.05) is 12.3 Å². The number of rotatable bonds is 1. The molecule has 54 valence electrons. The number of Topliss-reactive ketones (excluding diaryl/α,β-unsaturated/α-hetero) is 1. The first-order valence-electron chi connectivity index (χ1n) is 4.03. The summed E-state index contributed by atoms with van der Waals surface area (Å²) in [5, 5.41) is 0. The van der Waals surface area contributed by atoms with Crippen LogP contribution in [0.4, 0.5) is 0 Å². The zero-order chi connectivity index (χ0) is 7.14. The molecule has 0 heterocycles. The molecule has 0 amide bonds. The summed E-state index contributed by atoms with van der Waals surface area (Å²) >= 11 is 0. The minimum Gasteiger partial charge on any atom is -0.299 e. The Morgan fingerprint density at radius 3 is 2.90 bits per heavy atom. The zero-order valence-corrected chi connectivity index (χ0v) is 6.26. The van der Waals surface area contributed by atoms with E-state index in [4.69, 9.17) is 0 Å². The molecular formula is C9H12O. The standard InChI is InChI=1S/C9H12O/c1-2-6-3-7-5-9(10)8(7)4-6/h4,7-8H,2-3,5H2,1H3. The molecule has 0 N–H and O–H groups in total. The van der Waals surface area contributed by atoms with E-state index in [2.05, 4.69) is 13.0 Å². The second-order valence-electron chi connectivity index (χ2n) is 3.34. The highest BCUT2D eigenvalue weighted by Crippen LogP contribution is 2.43. The van der Waals surface area contributed by atoms with Crippen LogP contribution in [0.1, 0.15) is 26.2 Å². The zero-order valence-electron chi connectivity index (χ0n) is 6.26. The first kappa shape index (κ1) is 6.14. The van der Waals surface area contributed by atoms with Gasteiger partial charge in [-0.2, -0.15) is 0 Å². The quantitative estimate of drug-likeness (QED) is 0.503. The van der Waals surface area contributed by atoms with Gasteiger partial charge in [0.2, 0.25) is 0 Å². The molecule has 1 fully saturated rings. The maximum absolute atomic E-state index is 10.9. The molecule has 1 nitrogen and oxygen atoms in total. The van der Waals surface area contributed by atoms with Crippen LogP contribution in [-0.4, -0.2) is 5.78 Å². The Labute approximate surface area is 61.1 Å². The van der Waals surface area contributed by atoms with Gasteiger partial charge >= 0.3 is 0 Å². The predicted octanol–water partition coefficient (Wildman–Crippen LogP) is 1.93. The maximum atomic E-state index is 10.9. The average molecular weight is 136 g/mol. The Bertz CT molecular complexity index is 203. The lowest BCUT2D eigenvalue weighted by atomic mass is 9.75. The Morgan fingerprint density at radius 1 is 1.60 bits per heavy atom. The van der Waals surface area contributed by atoms with E-state index < -0.39 is 0 Å². The van der Waals surface area contributed by atoms with Crippen molar-refractivity contribution in [2.24, 2.45) is 11.8 Å². The van der Waals surface area contributed by atoms with Crippen molar-refractivity contribution in [3.05, 3.63) is 11.6 Å². The third-order valence-corrected chi connectivity index (χ3v) is 2.74. The van der Waals surface area contributed by atoms with Gasteiger partial charge in [0.25, 0.3) is 0 Å². The Hall–Kier alpha value is -0.590. The van der Waals surface area contributed by atoms with Gasteiger partial charge in [0.15, 0.2) is 0 Å². The summed E-state index contributed by atoms with van der Waals surface area (Å²) in [4.78, 5) is 10.9. The van der Waals surface area contributed by atoms with E-state index in [0.717, 1.165) is 12.8 Å². The SMILES string of the molecule is CCC1=CC2C(=O)CC2C1. The number of carbonyl (C=O) groups is 1. The minimum atomic E-state index is 0.343. The third kappa shape index (κ3) is 0.664. The van der Waals surface area contributed by atoms with Crippen molar-refractivity contribution in [1.82, 2.24) is 0 Å². The molecule has 0 bridgehead atoms. The van der Waals surface area contributed by atoms with Crippen LogP contribution in [0.5, 0.6) is 0 Å². The normalized spacial score (nSPS) is 36.9. The number of fused-ring (bicyclic) bond motifs is 1. The summed E-state index contributed by atoms with van der Waals surface area (Å²) in [6.45, 7) is 2.17. The van der Waals surface area contributed by atoms with Crippen molar-refractivity contribution in [1.29, 1.82) is 0 Å². The summed E-state index contributed by atoms with van der Waals surface area (Å²) in [6, 6.07) is 0. The number of carbonyl (C=O) groups excluding carboxylic acids is 1. The number of ketones is 1. The molecular weight excluding hydrogens is 124 g/mol. The topological polar surface area (TPSA) is 17.1 Å². The van der Waals surface area contributed by atoms with E-state index in [1.807, 2.05) is 0 Å². The van der Waals surface area contributed by atoms with Gasteiger partial charge in [-0.25, -0.2) is 0 Å². The molecule has 10 heavy (non-hydrogen) atoms. The fraction of sp³-hybridized carbons (Fsp3) is 0.667. The second kappa shape index (κ2) is 1.94. The Balaban J connectivity index is 2.12. The summed E-state index contributed by atoms with van der Waals surface area (Å²) in [5.74, 6) is 1.52. The monoisotopic (exact) mass is 136 g/mol. The van der Waals surface area contributed by atoms with Crippen LogP contribution in [0, 0.1) is 11.8 Å². The average Bonchev–Trinajstić information content (AvgIpc) is 2.26. The van der Waals surface area contributed by atoms with Crippen LogP contribution in [0.15, 0.2) is 11.6 Å². The largest absolute Gasteiger partial charge is 0.299 e. The van der Waals surface area contributed by atoms with Crippen molar-refractivity contribution >= 4 is 5.78 Å². The molecule has 2 rings (SSSR count). The van der Waals surface area contributed by atoms with Crippen LogP contribution in [-0.2, 0) is 4.79 Å². The van der Waals surface area contributed by atoms with Crippen molar-refractivity contribution in [2.45, 2.75) is 26.2 Å². The molecule has 0 aromatic heterocycles. The van der Waals surface area contributed by atoms with E-state index in [1.165, 1.54) is 12.0 Å². The molecule has 0 aromatic carbocycles. The van der Waals surface area contributed by atoms with Crippen LogP contribution < -0.4 is 0 Å². The molecule has 0 aliphatic heterocycles. The highest BCUT2D eigenvalue weighted by atomic mass is 16.1. The van der Waals surface area contributed by atoms with E-state index in [0.29, 0.717) is 17.6 Å². The molecule has 2 unspecified atom stereocenters. The lowest BCUT2D eigenvalue weighted by Gasteiger charge is -2.27. The summed E-state index contributed by atoms with van der Waals surface area (Å²) in [5.41, 5.74) is 1.50. The van der Waals surface area contributed by atoms with Crippen molar-refractivity contribution in [2.75, 3.05) is 0 Å². The van der Waals surface area contributed by atoms with Gasteiger partial charge in [0.05, 0.1) is 0 Å². The molecule has 0 aromatic rings. The Kier molecular flexibility index (Phi) is 1.19. The van der Waals surface area contributed by atoms with Crippen molar-refractivity contribution < 1.29 is 4.79 Å². The summed E-state index contributed by atoms with van der Waals surface area (Å²) in [7, 11) is 0. The van der Waals surface area contributed by atoms with Gasteiger partial charge in [-0.3, -0.25) is 4.79 Å². The molecule has 0 radical (unpaired) electrons. The van der Waals surface area contributed by atoms with Gasteiger partial charge in [-0.15, -0.1) is 0 Å². The second-order valence-corrected chi connectivity index (χ2v) is 3.34. The van der Waals surface area contributed by atoms with Crippen LogP contribution in [0.3, 0.4) is 0 Å². The molecule has 0 saturated heterocycles. The molecule has 0 spiro atoms. The molecule has 1 saturated carbocycles. The third-order valence-electron chi connectivity index (χ3n) is 2.74. The molecule has 2 aliphatic carbocycles. The smallest absolute Gasteiger partial charge is 0.140 e. The number of hydrogen-bond donors (Lipinski definition) is 0. The van der Waals surface area contributed by atoms with Crippen LogP contribution in [0.25, 0.3) is 0 Å². The fourth-order valence-corrected chi connectivity index (χ4v) is 1.97. The van der Waals surface area contributed by atoms with Crippen LogP contribution in [0.2, 0.25) is 0 Å². The van der Waals surface area contributed by atoms with E-state index in [9.17, 15) is 4.79 Å². The Morgan fingerprint density at radius 2 is 2.40 bits per heavy atom. The highest BCUT2D eigenvalue weighted by molar-refractivity contribution is 5.90. The molecule has 1 heteroatoms. The molecule has 2 atom stereocenters. The van der Waals surface area contributed by atoms with E-state index in [1.54, 1.807) is 0 Å². The highest BCUT2D eigenvalue weighted by Gasteiger charge is 2.41. The predicted molar refractivity (Wildman–Crippen MR) is 39.6 cm³/mol.